The van der Waals surface area contributed by atoms with E-state index in [0.717, 1.165) is 17.8 Å². The van der Waals surface area contributed by atoms with Crippen LogP contribution < -0.4 is 5.73 Å². The first-order valence-electron chi connectivity index (χ1n) is 4.92. The molecule has 2 rings (SSSR count). The van der Waals surface area contributed by atoms with Crippen molar-refractivity contribution in [2.45, 2.75) is 13.3 Å². The minimum Gasteiger partial charge on any atom is -0.330 e. The van der Waals surface area contributed by atoms with E-state index in [1.165, 1.54) is 0 Å². The second-order valence-corrected chi connectivity index (χ2v) is 3.71. The molecule has 1 unspecified atom stereocenters. The van der Waals surface area contributed by atoms with Crippen LogP contribution >= 0.6 is 0 Å². The van der Waals surface area contributed by atoms with Gasteiger partial charge in [-0.25, -0.2) is 4.98 Å². The summed E-state index contributed by atoms with van der Waals surface area (Å²) in [5, 5.41) is 0. The van der Waals surface area contributed by atoms with Crippen molar-refractivity contribution in [1.29, 1.82) is 0 Å². The highest BCUT2D eigenvalue weighted by Gasteiger charge is 2.06. The first kappa shape index (κ1) is 9.21. The van der Waals surface area contributed by atoms with Gasteiger partial charge in [-0.1, -0.05) is 13.0 Å². The molecule has 2 N–H and O–H groups in total. The van der Waals surface area contributed by atoms with Crippen molar-refractivity contribution in [3.63, 3.8) is 0 Å². The predicted molar refractivity (Wildman–Crippen MR) is 57.1 cm³/mol. The molecule has 0 bridgehead atoms. The van der Waals surface area contributed by atoms with Gasteiger partial charge < -0.3 is 10.1 Å². The van der Waals surface area contributed by atoms with Crippen LogP contribution in [0.2, 0.25) is 0 Å². The Kier molecular flexibility index (Phi) is 2.50. The van der Waals surface area contributed by atoms with Gasteiger partial charge in [-0.2, -0.15) is 0 Å². The quantitative estimate of drug-likeness (QED) is 0.794. The van der Waals surface area contributed by atoms with Crippen LogP contribution in [-0.2, 0) is 6.42 Å². The van der Waals surface area contributed by atoms with Gasteiger partial charge in [-0.15, -0.1) is 0 Å². The maximum atomic E-state index is 5.60. The molecule has 0 spiro atoms. The van der Waals surface area contributed by atoms with Crippen molar-refractivity contribution >= 4 is 5.52 Å². The molecule has 0 saturated carbocycles. The Hall–Kier alpha value is -1.35. The molecule has 0 radical (unpaired) electrons. The number of imidazole rings is 1. The van der Waals surface area contributed by atoms with E-state index in [1.807, 2.05) is 24.5 Å². The molecule has 0 aliphatic rings. The Morgan fingerprint density at radius 1 is 1.50 bits per heavy atom. The summed E-state index contributed by atoms with van der Waals surface area (Å²) in [6.07, 6.45) is 4.88. The normalized spacial score (nSPS) is 13.3. The number of hydrogen-bond donors (Lipinski definition) is 1. The zero-order valence-corrected chi connectivity index (χ0v) is 8.35. The van der Waals surface area contributed by atoms with E-state index < -0.39 is 0 Å². The lowest BCUT2D eigenvalue weighted by Crippen LogP contribution is -2.14. The Morgan fingerprint density at radius 3 is 3.14 bits per heavy atom. The molecule has 0 aliphatic carbocycles. The van der Waals surface area contributed by atoms with Crippen LogP contribution in [0.5, 0.6) is 0 Å². The third kappa shape index (κ3) is 1.63. The van der Waals surface area contributed by atoms with Crippen molar-refractivity contribution < 1.29 is 0 Å². The molecule has 0 amide bonds. The molecule has 3 heteroatoms. The van der Waals surface area contributed by atoms with E-state index in [4.69, 9.17) is 5.73 Å². The Labute approximate surface area is 83.6 Å². The van der Waals surface area contributed by atoms with Gasteiger partial charge in [0.1, 0.15) is 5.82 Å². The third-order valence-corrected chi connectivity index (χ3v) is 2.45. The molecule has 14 heavy (non-hydrogen) atoms. The van der Waals surface area contributed by atoms with E-state index in [2.05, 4.69) is 22.4 Å². The third-order valence-electron chi connectivity index (χ3n) is 2.45. The van der Waals surface area contributed by atoms with Crippen molar-refractivity contribution in [2.75, 3.05) is 6.54 Å². The van der Waals surface area contributed by atoms with Gasteiger partial charge in [0.15, 0.2) is 0 Å². The van der Waals surface area contributed by atoms with Crippen LogP contribution in [-0.4, -0.2) is 15.9 Å². The largest absolute Gasteiger partial charge is 0.330 e. The van der Waals surface area contributed by atoms with Crippen LogP contribution in [0.25, 0.3) is 5.52 Å². The number of hydrogen-bond acceptors (Lipinski definition) is 2. The van der Waals surface area contributed by atoms with Crippen LogP contribution in [0.1, 0.15) is 12.7 Å². The van der Waals surface area contributed by atoms with E-state index in [-0.39, 0.29) is 0 Å². The molecule has 0 aromatic carbocycles. The first-order chi connectivity index (χ1) is 6.81. The summed E-state index contributed by atoms with van der Waals surface area (Å²) >= 11 is 0. The number of pyridine rings is 1. The minimum atomic E-state index is 0.487. The summed E-state index contributed by atoms with van der Waals surface area (Å²) in [5.41, 5.74) is 6.74. The lowest BCUT2D eigenvalue weighted by Gasteiger charge is -2.06. The summed E-state index contributed by atoms with van der Waals surface area (Å²) in [6, 6.07) is 6.10. The number of nitrogens with two attached hydrogens (primary N) is 1. The molecule has 74 valence electrons. The molecule has 0 fully saturated rings. The fourth-order valence-corrected chi connectivity index (χ4v) is 1.55. The second-order valence-electron chi connectivity index (χ2n) is 3.71. The monoisotopic (exact) mass is 189 g/mol. The van der Waals surface area contributed by atoms with Crippen LogP contribution in [0, 0.1) is 5.92 Å². The average Bonchev–Trinajstić information content (AvgIpc) is 2.62. The minimum absolute atomic E-state index is 0.487. The summed E-state index contributed by atoms with van der Waals surface area (Å²) in [5.74, 6) is 1.58. The van der Waals surface area contributed by atoms with Crippen molar-refractivity contribution in [1.82, 2.24) is 9.38 Å². The van der Waals surface area contributed by atoms with Gasteiger partial charge in [0.05, 0.1) is 11.7 Å². The van der Waals surface area contributed by atoms with Gasteiger partial charge in [0.2, 0.25) is 0 Å². The number of nitrogens with zero attached hydrogens (tertiary/aromatic N) is 2. The van der Waals surface area contributed by atoms with Gasteiger partial charge in [0.25, 0.3) is 0 Å². The Balaban J connectivity index is 2.33. The predicted octanol–water partition coefficient (Wildman–Crippen LogP) is 1.47. The average molecular weight is 189 g/mol. The van der Waals surface area contributed by atoms with Crippen molar-refractivity contribution in [3.8, 4) is 0 Å². The summed E-state index contributed by atoms with van der Waals surface area (Å²) in [6.45, 7) is 2.85. The molecule has 1 atom stereocenters. The second kappa shape index (κ2) is 3.80. The molecule has 2 heterocycles. The first-order valence-corrected chi connectivity index (χ1v) is 4.92. The van der Waals surface area contributed by atoms with E-state index in [9.17, 15) is 0 Å². The van der Waals surface area contributed by atoms with Crippen molar-refractivity contribution in [3.05, 3.63) is 36.4 Å². The summed E-state index contributed by atoms with van der Waals surface area (Å²) in [7, 11) is 0. The highest BCUT2D eigenvalue weighted by Crippen LogP contribution is 2.09. The van der Waals surface area contributed by atoms with E-state index >= 15 is 0 Å². The van der Waals surface area contributed by atoms with Crippen LogP contribution in [0.3, 0.4) is 0 Å². The van der Waals surface area contributed by atoms with Gasteiger partial charge in [-0.05, 0) is 24.6 Å². The van der Waals surface area contributed by atoms with E-state index in [0.29, 0.717) is 12.5 Å². The van der Waals surface area contributed by atoms with Crippen LogP contribution in [0.15, 0.2) is 30.6 Å². The molecule has 0 aliphatic heterocycles. The fraction of sp³-hybridized carbons (Fsp3) is 0.364. The molecule has 2 aromatic heterocycles. The molecule has 0 saturated heterocycles. The standard InChI is InChI=1S/C11H15N3/c1-9(7-12)6-11-13-8-10-4-2-3-5-14(10)11/h2-5,8-9H,6-7,12H2,1H3. The highest BCUT2D eigenvalue weighted by atomic mass is 15.0. The maximum Gasteiger partial charge on any atom is 0.113 e. The topological polar surface area (TPSA) is 43.3 Å². The van der Waals surface area contributed by atoms with Gasteiger partial charge in [-0.3, -0.25) is 0 Å². The van der Waals surface area contributed by atoms with E-state index in [1.54, 1.807) is 0 Å². The van der Waals surface area contributed by atoms with Crippen LogP contribution in [0.4, 0.5) is 0 Å². The van der Waals surface area contributed by atoms with Gasteiger partial charge in [0, 0.05) is 12.6 Å². The zero-order chi connectivity index (χ0) is 9.97. The number of fused-ring (bicyclic) bond motifs is 1. The molecular weight excluding hydrogens is 174 g/mol. The summed E-state index contributed by atoms with van der Waals surface area (Å²) in [4.78, 5) is 4.39. The lowest BCUT2D eigenvalue weighted by molar-refractivity contribution is 0.572. The SMILES string of the molecule is CC(CN)Cc1ncc2ccccn12. The number of rotatable bonds is 3. The smallest absolute Gasteiger partial charge is 0.113 e. The number of aromatic nitrogens is 2. The Morgan fingerprint density at radius 2 is 2.36 bits per heavy atom. The maximum absolute atomic E-state index is 5.60. The summed E-state index contributed by atoms with van der Waals surface area (Å²) < 4.78 is 2.12. The van der Waals surface area contributed by atoms with Crippen molar-refractivity contribution in [2.24, 2.45) is 11.7 Å². The molecule has 3 nitrogen and oxygen atoms in total. The lowest BCUT2D eigenvalue weighted by atomic mass is 10.1. The highest BCUT2D eigenvalue weighted by molar-refractivity contribution is 5.45. The molecular formula is C11H15N3. The fourth-order valence-electron chi connectivity index (χ4n) is 1.55. The zero-order valence-electron chi connectivity index (χ0n) is 8.35. The van der Waals surface area contributed by atoms with Gasteiger partial charge >= 0.3 is 0 Å². The molecule has 2 aromatic rings. The Bertz CT molecular complexity index is 419.